The maximum absolute atomic E-state index is 13.3. The molecule has 9 heteroatoms. The van der Waals surface area contributed by atoms with Gasteiger partial charge in [-0.3, -0.25) is 0 Å². The second-order valence-corrected chi connectivity index (χ2v) is 15.4. The molecule has 1 unspecified atom stereocenters. The van der Waals surface area contributed by atoms with Crippen LogP contribution in [0.15, 0.2) is 164 Å². The molecule has 6 aromatic carbocycles. The molecular weight excluding hydrogens is 776 g/mol. The van der Waals surface area contributed by atoms with E-state index in [1.54, 1.807) is 13.2 Å². The van der Waals surface area contributed by atoms with Crippen molar-refractivity contribution in [3.63, 3.8) is 0 Å². The van der Waals surface area contributed by atoms with Gasteiger partial charge >= 0.3 is 0 Å². The molecule has 0 radical (unpaired) electrons. The lowest BCUT2D eigenvalue weighted by Gasteiger charge is -2.50. The van der Waals surface area contributed by atoms with Gasteiger partial charge in [0.05, 0.1) is 39.6 Å². The van der Waals surface area contributed by atoms with Crippen molar-refractivity contribution in [3.8, 4) is 0 Å². The lowest BCUT2D eigenvalue weighted by Crippen LogP contribution is -2.65. The monoisotopic (exact) mass is 828 g/mol. The molecule has 5 atom stereocenters. The van der Waals surface area contributed by atoms with Crippen LogP contribution >= 0.6 is 11.6 Å². The van der Waals surface area contributed by atoms with Crippen LogP contribution in [0.5, 0.6) is 0 Å². The first-order valence-electron chi connectivity index (χ1n) is 20.4. The summed E-state index contributed by atoms with van der Waals surface area (Å²) >= 11 is 6.92. The van der Waals surface area contributed by atoms with Gasteiger partial charge in [-0.2, -0.15) is 0 Å². The van der Waals surface area contributed by atoms with Crippen LogP contribution in [0.3, 0.4) is 0 Å². The Balaban J connectivity index is 1.24. The van der Waals surface area contributed by atoms with E-state index in [1.165, 1.54) is 0 Å². The van der Waals surface area contributed by atoms with Crippen molar-refractivity contribution in [2.45, 2.75) is 69.5 Å². The lowest BCUT2D eigenvalue weighted by atomic mass is 9.86. The van der Waals surface area contributed by atoms with Crippen LogP contribution < -0.4 is 0 Å². The van der Waals surface area contributed by atoms with Crippen molar-refractivity contribution in [3.05, 3.63) is 213 Å². The molecule has 1 aliphatic rings. The highest BCUT2D eigenvalue weighted by atomic mass is 35.5. The molecule has 1 fully saturated rings. The van der Waals surface area contributed by atoms with Crippen LogP contribution in [0.4, 0.5) is 0 Å². The van der Waals surface area contributed by atoms with Crippen molar-refractivity contribution in [2.75, 3.05) is 27.1 Å². The van der Waals surface area contributed by atoms with Crippen molar-refractivity contribution in [2.24, 2.45) is 0 Å². The summed E-state index contributed by atoms with van der Waals surface area (Å²) in [5, 5.41) is 13.8. The van der Waals surface area contributed by atoms with Crippen molar-refractivity contribution < 1.29 is 38.3 Å². The molecule has 0 spiro atoms. The quantitative estimate of drug-likeness (QED) is 0.0568. The minimum Gasteiger partial charge on any atom is -0.374 e. The van der Waals surface area contributed by atoms with Gasteiger partial charge in [-0.05, 0) is 63.9 Å². The number of ether oxygens (including phenoxy) is 7. The maximum atomic E-state index is 13.3. The first kappa shape index (κ1) is 43.4. The Kier molecular flexibility index (Phi) is 16.1. The first-order valence-corrected chi connectivity index (χ1v) is 20.8. The van der Waals surface area contributed by atoms with Crippen molar-refractivity contribution in [1.82, 2.24) is 0 Å². The first-order chi connectivity index (χ1) is 29.5. The van der Waals surface area contributed by atoms with Gasteiger partial charge in [0.15, 0.2) is 0 Å². The van der Waals surface area contributed by atoms with Gasteiger partial charge in [-0.15, -0.1) is 0 Å². The number of halogens is 1. The average molecular weight is 829 g/mol. The molecule has 60 heavy (non-hydrogen) atoms. The molecule has 0 amide bonds. The molecule has 1 heterocycles. The van der Waals surface area contributed by atoms with Gasteiger partial charge in [-0.1, -0.05) is 163 Å². The summed E-state index contributed by atoms with van der Waals surface area (Å²) in [6.45, 7) is 2.00. The second kappa shape index (κ2) is 22.2. The van der Waals surface area contributed by atoms with Crippen molar-refractivity contribution >= 4 is 11.6 Å². The molecule has 0 aromatic heterocycles. The molecule has 0 aliphatic carbocycles. The molecule has 0 saturated carbocycles. The van der Waals surface area contributed by atoms with E-state index in [0.29, 0.717) is 30.2 Å². The van der Waals surface area contributed by atoms with E-state index in [-0.39, 0.29) is 33.2 Å². The number of aliphatic hydroxyl groups is 1. The third-order valence-corrected chi connectivity index (χ3v) is 10.9. The Morgan fingerprint density at radius 3 is 1.65 bits per heavy atom. The Morgan fingerprint density at radius 1 is 0.567 bits per heavy atom. The SMILES string of the molecule is COCOCCc1ccc(Cc2cc(C3(O)O[C@H](COCc4ccccc4)[C@@H](OCc4ccccc4)[C@H](OCc4ccccc4)[C@H]3OCc3ccccc3)ccc2Cl)cc1. The smallest absolute Gasteiger partial charge is 0.222 e. The fraction of sp³-hybridized carbons (Fsp3) is 0.294. The van der Waals surface area contributed by atoms with E-state index in [0.717, 1.165) is 45.4 Å². The van der Waals surface area contributed by atoms with Crippen LogP contribution in [0.2, 0.25) is 5.02 Å². The second-order valence-electron chi connectivity index (χ2n) is 15.0. The highest BCUT2D eigenvalue weighted by molar-refractivity contribution is 6.31. The van der Waals surface area contributed by atoms with E-state index in [2.05, 4.69) is 24.3 Å². The fourth-order valence-electron chi connectivity index (χ4n) is 7.39. The summed E-state index contributed by atoms with van der Waals surface area (Å²) in [6, 6.07) is 53.7. The average Bonchev–Trinajstić information content (AvgIpc) is 3.29. The van der Waals surface area contributed by atoms with Gasteiger partial charge < -0.3 is 38.3 Å². The summed E-state index contributed by atoms with van der Waals surface area (Å²) in [4.78, 5) is 0. The maximum Gasteiger partial charge on any atom is 0.222 e. The van der Waals surface area contributed by atoms with E-state index < -0.39 is 30.2 Å². The lowest BCUT2D eigenvalue weighted by molar-refractivity contribution is -0.378. The normalized spacial score (nSPS) is 20.2. The molecule has 0 bridgehead atoms. The van der Waals surface area contributed by atoms with Gasteiger partial charge in [0, 0.05) is 17.7 Å². The van der Waals surface area contributed by atoms with Crippen LogP contribution in [0, 0.1) is 0 Å². The van der Waals surface area contributed by atoms with Gasteiger partial charge in [0.25, 0.3) is 0 Å². The molecule has 7 rings (SSSR count). The van der Waals surface area contributed by atoms with E-state index >= 15 is 0 Å². The fourth-order valence-corrected chi connectivity index (χ4v) is 7.58. The third-order valence-electron chi connectivity index (χ3n) is 10.6. The molecule has 6 aromatic rings. The van der Waals surface area contributed by atoms with Crippen LogP contribution in [-0.4, -0.2) is 56.6 Å². The van der Waals surface area contributed by atoms with Crippen LogP contribution in [0.1, 0.15) is 44.5 Å². The molecule has 1 N–H and O–H groups in total. The molecular formula is C51H53ClO8. The van der Waals surface area contributed by atoms with E-state index in [9.17, 15) is 5.11 Å². The number of methoxy groups -OCH3 is 1. The van der Waals surface area contributed by atoms with E-state index in [1.807, 2.05) is 133 Å². The summed E-state index contributed by atoms with van der Waals surface area (Å²) < 4.78 is 44.3. The zero-order chi connectivity index (χ0) is 41.4. The number of benzene rings is 6. The van der Waals surface area contributed by atoms with Gasteiger partial charge in [0.1, 0.15) is 31.2 Å². The zero-order valence-electron chi connectivity index (χ0n) is 33.9. The molecule has 1 saturated heterocycles. The summed E-state index contributed by atoms with van der Waals surface area (Å²) in [7, 11) is 1.61. The summed E-state index contributed by atoms with van der Waals surface area (Å²) in [6.07, 6.45) is -2.06. The Bertz CT molecular complexity index is 2140. The predicted molar refractivity (Wildman–Crippen MR) is 232 cm³/mol. The van der Waals surface area contributed by atoms with Gasteiger partial charge in [0.2, 0.25) is 5.79 Å². The molecule has 312 valence electrons. The van der Waals surface area contributed by atoms with Crippen LogP contribution in [0.25, 0.3) is 0 Å². The minimum absolute atomic E-state index is 0.108. The zero-order valence-corrected chi connectivity index (χ0v) is 34.7. The highest BCUT2D eigenvalue weighted by Crippen LogP contribution is 2.43. The Hall–Kier alpha value is -4.71. The van der Waals surface area contributed by atoms with Crippen LogP contribution in [-0.2, 0) is 78.2 Å². The van der Waals surface area contributed by atoms with E-state index in [4.69, 9.17) is 44.8 Å². The minimum atomic E-state index is -2.02. The Labute approximate surface area is 358 Å². The van der Waals surface area contributed by atoms with Crippen molar-refractivity contribution in [1.29, 1.82) is 0 Å². The number of rotatable bonds is 21. The summed E-state index contributed by atoms with van der Waals surface area (Å²) in [5.41, 5.74) is 7.43. The van der Waals surface area contributed by atoms with Gasteiger partial charge in [-0.25, -0.2) is 0 Å². The topological polar surface area (TPSA) is 84.8 Å². The standard InChI is InChI=1S/C51H53ClO8/c1-54-37-55-29-28-38-22-24-39(25-23-38)30-44-31-45(26-27-46(44)52)51(53)50(59-35-43-20-12-5-13-21-43)49(58-34-42-18-10-4-11-19-42)48(57-33-41-16-8-3-9-17-41)47(60-51)36-56-32-40-14-6-2-7-15-40/h2-27,31,47-50,53H,28-30,32-37H2,1H3/t47-,48-,49+,50-,51?/m1/s1. The molecule has 1 aliphatic heterocycles. The third kappa shape index (κ3) is 12.0. The predicted octanol–water partition coefficient (Wildman–Crippen LogP) is 9.61. The number of hydrogen-bond acceptors (Lipinski definition) is 8. The summed E-state index contributed by atoms with van der Waals surface area (Å²) in [5.74, 6) is -2.02. The Morgan fingerprint density at radius 2 is 1.08 bits per heavy atom. The largest absolute Gasteiger partial charge is 0.374 e. The molecule has 8 nitrogen and oxygen atoms in total. The highest BCUT2D eigenvalue weighted by Gasteiger charge is 2.57. The number of hydrogen-bond donors (Lipinski definition) is 1.